The number of halogens is 1. The Morgan fingerprint density at radius 2 is 1.84 bits per heavy atom. The van der Waals surface area contributed by atoms with Crippen molar-refractivity contribution in [2.45, 2.75) is 13.0 Å². The van der Waals surface area contributed by atoms with Crippen LogP contribution in [0.4, 0.5) is 5.69 Å². The molecule has 0 aliphatic carbocycles. The Bertz CT molecular complexity index is 920. The van der Waals surface area contributed by atoms with Crippen molar-refractivity contribution in [2.24, 2.45) is 0 Å². The van der Waals surface area contributed by atoms with Gasteiger partial charge in [-0.1, -0.05) is 11.6 Å². The van der Waals surface area contributed by atoms with Crippen molar-refractivity contribution < 1.29 is 14.3 Å². The van der Waals surface area contributed by atoms with E-state index in [0.717, 1.165) is 10.9 Å². The number of rotatable bonds is 5. The van der Waals surface area contributed by atoms with E-state index in [0.29, 0.717) is 22.2 Å². The maximum Gasteiger partial charge on any atom is 0.247 e. The number of carbonyl (C=O) groups is 1. The molecule has 1 unspecified atom stereocenters. The molecule has 6 heteroatoms. The first-order valence-corrected chi connectivity index (χ1v) is 8.20. The quantitative estimate of drug-likeness (QED) is 0.730. The number of hydrogen-bond donors (Lipinski definition) is 1. The largest absolute Gasteiger partial charge is 0.493 e. The number of anilines is 1. The number of nitrogens with one attached hydrogen (secondary N) is 1. The Hall–Kier alpha value is -2.66. The highest BCUT2D eigenvalue weighted by molar-refractivity contribution is 6.31. The van der Waals surface area contributed by atoms with E-state index < -0.39 is 0 Å². The molecule has 1 atom stereocenters. The Balaban J connectivity index is 1.82. The topological polar surface area (TPSA) is 52.5 Å². The number of carbonyl (C=O) groups excluding carboxylic acids is 1. The molecule has 1 heterocycles. The van der Waals surface area contributed by atoms with E-state index in [4.69, 9.17) is 21.1 Å². The molecule has 0 aliphatic rings. The minimum Gasteiger partial charge on any atom is -0.493 e. The van der Waals surface area contributed by atoms with Crippen LogP contribution in [0.25, 0.3) is 10.9 Å². The third kappa shape index (κ3) is 3.42. The van der Waals surface area contributed by atoms with Crippen LogP contribution in [0.15, 0.2) is 48.7 Å². The van der Waals surface area contributed by atoms with Gasteiger partial charge in [0.05, 0.1) is 14.2 Å². The van der Waals surface area contributed by atoms with Gasteiger partial charge in [0.2, 0.25) is 5.91 Å². The highest BCUT2D eigenvalue weighted by Gasteiger charge is 2.17. The lowest BCUT2D eigenvalue weighted by molar-refractivity contribution is -0.118. The number of ether oxygens (including phenoxy) is 2. The van der Waals surface area contributed by atoms with Crippen molar-refractivity contribution in [1.29, 1.82) is 0 Å². The van der Waals surface area contributed by atoms with Gasteiger partial charge >= 0.3 is 0 Å². The number of aromatic nitrogens is 1. The van der Waals surface area contributed by atoms with Crippen LogP contribution in [0.5, 0.6) is 11.5 Å². The molecule has 1 N–H and O–H groups in total. The van der Waals surface area contributed by atoms with Crippen molar-refractivity contribution >= 4 is 34.1 Å². The van der Waals surface area contributed by atoms with Crippen LogP contribution in [-0.4, -0.2) is 24.7 Å². The normalized spacial score (nSPS) is 12.0. The molecule has 1 amide bonds. The summed E-state index contributed by atoms with van der Waals surface area (Å²) in [5.41, 5.74) is 1.60. The maximum atomic E-state index is 12.6. The molecule has 0 aliphatic heterocycles. The third-order valence-corrected chi connectivity index (χ3v) is 4.37. The van der Waals surface area contributed by atoms with Gasteiger partial charge in [0, 0.05) is 33.9 Å². The van der Waals surface area contributed by atoms with Gasteiger partial charge in [0.1, 0.15) is 6.04 Å². The Kier molecular flexibility index (Phi) is 4.86. The zero-order valence-corrected chi connectivity index (χ0v) is 15.0. The number of nitrogens with zero attached hydrogens (tertiary/aromatic N) is 1. The predicted octanol–water partition coefficient (Wildman–Crippen LogP) is 4.51. The molecular weight excluding hydrogens is 340 g/mol. The first-order valence-electron chi connectivity index (χ1n) is 7.82. The second-order valence-electron chi connectivity index (χ2n) is 5.66. The molecule has 2 aromatic carbocycles. The van der Waals surface area contributed by atoms with Gasteiger partial charge < -0.3 is 19.4 Å². The fourth-order valence-corrected chi connectivity index (χ4v) is 2.94. The number of methoxy groups -OCH3 is 2. The van der Waals surface area contributed by atoms with E-state index in [-0.39, 0.29) is 11.9 Å². The molecule has 0 saturated heterocycles. The van der Waals surface area contributed by atoms with Crippen molar-refractivity contribution in [2.75, 3.05) is 19.5 Å². The third-order valence-electron chi connectivity index (χ3n) is 4.13. The van der Waals surface area contributed by atoms with E-state index in [9.17, 15) is 4.79 Å². The molecule has 5 nitrogen and oxygen atoms in total. The van der Waals surface area contributed by atoms with E-state index in [2.05, 4.69) is 5.32 Å². The molecule has 0 saturated carbocycles. The van der Waals surface area contributed by atoms with Crippen molar-refractivity contribution in [3.8, 4) is 11.5 Å². The molecule has 0 radical (unpaired) electrons. The zero-order chi connectivity index (χ0) is 18.0. The smallest absolute Gasteiger partial charge is 0.247 e. The highest BCUT2D eigenvalue weighted by Crippen LogP contribution is 2.30. The molecule has 0 bridgehead atoms. The summed E-state index contributed by atoms with van der Waals surface area (Å²) >= 11 is 6.02. The van der Waals surface area contributed by atoms with Gasteiger partial charge in [-0.3, -0.25) is 4.79 Å². The SMILES string of the molecule is COc1ccc(NC(=O)C(C)n2ccc3cc(Cl)ccc32)cc1OC. The minimum absolute atomic E-state index is 0.125. The molecule has 0 fully saturated rings. The van der Waals surface area contributed by atoms with Gasteiger partial charge in [-0.2, -0.15) is 0 Å². The molecule has 3 rings (SSSR count). The van der Waals surface area contributed by atoms with Crippen LogP contribution < -0.4 is 14.8 Å². The average Bonchev–Trinajstić information content (AvgIpc) is 3.03. The van der Waals surface area contributed by atoms with Crippen molar-refractivity contribution in [1.82, 2.24) is 4.57 Å². The van der Waals surface area contributed by atoms with Crippen LogP contribution in [0.2, 0.25) is 5.02 Å². The first-order chi connectivity index (χ1) is 12.0. The van der Waals surface area contributed by atoms with Crippen molar-refractivity contribution in [3.63, 3.8) is 0 Å². The zero-order valence-electron chi connectivity index (χ0n) is 14.2. The van der Waals surface area contributed by atoms with Crippen LogP contribution >= 0.6 is 11.6 Å². The van der Waals surface area contributed by atoms with Crippen LogP contribution in [0.1, 0.15) is 13.0 Å². The van der Waals surface area contributed by atoms with E-state index in [1.807, 2.05) is 42.0 Å². The second kappa shape index (κ2) is 7.07. The van der Waals surface area contributed by atoms with E-state index >= 15 is 0 Å². The lowest BCUT2D eigenvalue weighted by Gasteiger charge is -2.16. The van der Waals surface area contributed by atoms with Gasteiger partial charge in [-0.15, -0.1) is 0 Å². The number of hydrogen-bond acceptors (Lipinski definition) is 3. The van der Waals surface area contributed by atoms with Gasteiger partial charge in [-0.05, 0) is 43.3 Å². The number of fused-ring (bicyclic) bond motifs is 1. The fraction of sp³-hybridized carbons (Fsp3) is 0.211. The first kappa shape index (κ1) is 17.2. The Labute approximate surface area is 151 Å². The highest BCUT2D eigenvalue weighted by atomic mass is 35.5. The van der Waals surface area contributed by atoms with E-state index in [1.54, 1.807) is 32.4 Å². The lowest BCUT2D eigenvalue weighted by Crippen LogP contribution is -2.23. The number of amides is 1. The second-order valence-corrected chi connectivity index (χ2v) is 6.10. The van der Waals surface area contributed by atoms with Crippen LogP contribution in [-0.2, 0) is 4.79 Å². The van der Waals surface area contributed by atoms with Gasteiger partial charge in [0.15, 0.2) is 11.5 Å². The van der Waals surface area contributed by atoms with Crippen molar-refractivity contribution in [3.05, 3.63) is 53.7 Å². The lowest BCUT2D eigenvalue weighted by atomic mass is 10.2. The Morgan fingerprint density at radius 3 is 2.56 bits per heavy atom. The summed E-state index contributed by atoms with van der Waals surface area (Å²) in [5, 5.41) is 4.58. The summed E-state index contributed by atoms with van der Waals surface area (Å²) in [6, 6.07) is 12.4. The fourth-order valence-electron chi connectivity index (χ4n) is 2.76. The average molecular weight is 359 g/mol. The summed E-state index contributed by atoms with van der Waals surface area (Å²) in [5.74, 6) is 1.05. The molecule has 25 heavy (non-hydrogen) atoms. The summed E-state index contributed by atoms with van der Waals surface area (Å²) < 4.78 is 12.4. The summed E-state index contributed by atoms with van der Waals surface area (Å²) in [7, 11) is 3.13. The number of benzene rings is 2. The molecule has 130 valence electrons. The van der Waals surface area contributed by atoms with Crippen LogP contribution in [0.3, 0.4) is 0 Å². The summed E-state index contributed by atoms with van der Waals surface area (Å²) in [6.07, 6.45) is 1.89. The van der Waals surface area contributed by atoms with Crippen LogP contribution in [0, 0.1) is 0 Å². The molecule has 0 spiro atoms. The standard InChI is InChI=1S/C19H19ClN2O3/c1-12(22-9-8-13-10-14(20)4-6-16(13)22)19(23)21-15-5-7-17(24-2)18(11-15)25-3/h4-12H,1-3H3,(H,21,23). The van der Waals surface area contributed by atoms with Gasteiger partial charge in [-0.25, -0.2) is 0 Å². The molecule has 3 aromatic rings. The summed E-state index contributed by atoms with van der Waals surface area (Å²) in [4.78, 5) is 12.6. The molecule has 1 aromatic heterocycles. The van der Waals surface area contributed by atoms with Gasteiger partial charge in [0.25, 0.3) is 0 Å². The predicted molar refractivity (Wildman–Crippen MR) is 99.8 cm³/mol. The summed E-state index contributed by atoms with van der Waals surface area (Å²) in [6.45, 7) is 1.85. The monoisotopic (exact) mass is 358 g/mol. The minimum atomic E-state index is -0.383. The Morgan fingerprint density at radius 1 is 1.08 bits per heavy atom. The molecular formula is C19H19ClN2O3. The maximum absolute atomic E-state index is 12.6. The van der Waals surface area contributed by atoms with E-state index in [1.165, 1.54) is 0 Å².